The van der Waals surface area contributed by atoms with Crippen molar-refractivity contribution in [2.24, 2.45) is 5.92 Å². The summed E-state index contributed by atoms with van der Waals surface area (Å²) in [7, 11) is 0. The molecule has 0 aromatic heterocycles. The van der Waals surface area contributed by atoms with Gasteiger partial charge in [0.25, 0.3) is 0 Å². The highest BCUT2D eigenvalue weighted by Crippen LogP contribution is 2.26. The van der Waals surface area contributed by atoms with Crippen LogP contribution >= 0.6 is 0 Å². The molecular formula is C15H22N2O4. The lowest BCUT2D eigenvalue weighted by atomic mass is 9.93. The van der Waals surface area contributed by atoms with Crippen LogP contribution in [-0.4, -0.2) is 47.3 Å². The van der Waals surface area contributed by atoms with E-state index in [1.807, 2.05) is 6.92 Å². The molecule has 1 fully saturated rings. The van der Waals surface area contributed by atoms with Gasteiger partial charge in [-0.1, -0.05) is 12.1 Å². The lowest BCUT2D eigenvalue weighted by Gasteiger charge is -2.33. The van der Waals surface area contributed by atoms with Gasteiger partial charge >= 0.3 is 5.69 Å². The van der Waals surface area contributed by atoms with Crippen molar-refractivity contribution in [3.8, 4) is 5.75 Å². The first-order chi connectivity index (χ1) is 10.1. The molecule has 6 nitrogen and oxygen atoms in total. The minimum Gasteiger partial charge on any atom is -0.485 e. The first kappa shape index (κ1) is 15.7. The smallest absolute Gasteiger partial charge is 0.310 e. The third kappa shape index (κ3) is 4.41. The van der Waals surface area contributed by atoms with Gasteiger partial charge in [-0.3, -0.25) is 15.0 Å². The van der Waals surface area contributed by atoms with Crippen molar-refractivity contribution in [2.45, 2.75) is 25.9 Å². The van der Waals surface area contributed by atoms with Crippen LogP contribution in [0.25, 0.3) is 0 Å². The maximum Gasteiger partial charge on any atom is 0.310 e. The Morgan fingerprint density at radius 3 is 3.00 bits per heavy atom. The van der Waals surface area contributed by atoms with Crippen molar-refractivity contribution in [1.29, 1.82) is 0 Å². The molecule has 1 aliphatic rings. The Balaban J connectivity index is 1.83. The molecule has 0 saturated carbocycles. The van der Waals surface area contributed by atoms with Crippen LogP contribution < -0.4 is 4.74 Å². The van der Waals surface area contributed by atoms with E-state index in [0.29, 0.717) is 18.3 Å². The molecule has 0 bridgehead atoms. The predicted octanol–water partition coefficient (Wildman–Crippen LogP) is 2.07. The number of nitrogens with zero attached hydrogens (tertiary/aromatic N) is 2. The normalized spacial score (nSPS) is 21.0. The van der Waals surface area contributed by atoms with E-state index in [9.17, 15) is 15.2 Å². The van der Waals surface area contributed by atoms with Gasteiger partial charge in [0.2, 0.25) is 0 Å². The Bertz CT molecular complexity index is 478. The molecular weight excluding hydrogens is 272 g/mol. The number of nitro benzene ring substituents is 1. The number of benzene rings is 1. The first-order valence-electron chi connectivity index (χ1n) is 7.34. The Morgan fingerprint density at radius 1 is 1.52 bits per heavy atom. The number of piperidine rings is 1. The Hall–Kier alpha value is -1.66. The topological polar surface area (TPSA) is 75.8 Å². The van der Waals surface area contributed by atoms with Crippen molar-refractivity contribution >= 4 is 5.69 Å². The Kier molecular flexibility index (Phi) is 5.52. The summed E-state index contributed by atoms with van der Waals surface area (Å²) in [6.07, 6.45) is 1.84. The van der Waals surface area contributed by atoms with Gasteiger partial charge in [-0.05, 0) is 38.3 Å². The highest BCUT2D eigenvalue weighted by atomic mass is 16.6. The van der Waals surface area contributed by atoms with Gasteiger partial charge < -0.3 is 9.84 Å². The number of hydrogen-bond acceptors (Lipinski definition) is 5. The molecule has 21 heavy (non-hydrogen) atoms. The average Bonchev–Trinajstić information content (AvgIpc) is 2.48. The van der Waals surface area contributed by atoms with E-state index >= 15 is 0 Å². The molecule has 0 aliphatic carbocycles. The average molecular weight is 294 g/mol. The van der Waals surface area contributed by atoms with Gasteiger partial charge in [-0.15, -0.1) is 0 Å². The first-order valence-corrected chi connectivity index (χ1v) is 7.34. The van der Waals surface area contributed by atoms with E-state index in [0.717, 1.165) is 32.5 Å². The van der Waals surface area contributed by atoms with Gasteiger partial charge in [-0.25, -0.2) is 0 Å². The quantitative estimate of drug-likeness (QED) is 0.642. The summed E-state index contributed by atoms with van der Waals surface area (Å²) in [5, 5.41) is 20.6. The predicted molar refractivity (Wildman–Crippen MR) is 79.4 cm³/mol. The SMILES string of the molecule is CC(O)C1CCCN(CCOc2ccccc2[N+](=O)[O-])C1. The van der Waals surface area contributed by atoms with Crippen molar-refractivity contribution in [1.82, 2.24) is 4.90 Å². The van der Waals surface area contributed by atoms with Crippen LogP contribution in [0.1, 0.15) is 19.8 Å². The molecule has 1 saturated heterocycles. The molecule has 1 aliphatic heterocycles. The van der Waals surface area contributed by atoms with Gasteiger partial charge in [-0.2, -0.15) is 0 Å². The molecule has 0 spiro atoms. The summed E-state index contributed by atoms with van der Waals surface area (Å²) in [5.41, 5.74) is -0.00185. The number of rotatable bonds is 6. The Morgan fingerprint density at radius 2 is 2.29 bits per heavy atom. The van der Waals surface area contributed by atoms with Crippen LogP contribution in [0.2, 0.25) is 0 Å². The van der Waals surface area contributed by atoms with Crippen molar-refractivity contribution < 1.29 is 14.8 Å². The van der Waals surface area contributed by atoms with E-state index in [1.54, 1.807) is 18.2 Å². The fourth-order valence-electron chi connectivity index (χ4n) is 2.70. The molecule has 2 atom stereocenters. The van der Waals surface area contributed by atoms with Crippen LogP contribution in [0.3, 0.4) is 0 Å². The molecule has 6 heteroatoms. The zero-order chi connectivity index (χ0) is 15.2. The maximum absolute atomic E-state index is 10.9. The summed E-state index contributed by atoms with van der Waals surface area (Å²) >= 11 is 0. The van der Waals surface area contributed by atoms with Crippen LogP contribution in [0.15, 0.2) is 24.3 Å². The second-order valence-corrected chi connectivity index (χ2v) is 5.52. The number of likely N-dealkylation sites (tertiary alicyclic amines) is 1. The number of hydrogen-bond donors (Lipinski definition) is 1. The summed E-state index contributed by atoms with van der Waals surface area (Å²) < 4.78 is 5.55. The largest absolute Gasteiger partial charge is 0.485 e. The summed E-state index contributed by atoms with van der Waals surface area (Å²) in [5.74, 6) is 0.622. The van der Waals surface area contributed by atoms with Crippen molar-refractivity contribution in [2.75, 3.05) is 26.2 Å². The second-order valence-electron chi connectivity index (χ2n) is 5.52. The van der Waals surface area contributed by atoms with Crippen LogP contribution in [0.4, 0.5) is 5.69 Å². The minimum absolute atomic E-state index is 0.00185. The summed E-state index contributed by atoms with van der Waals surface area (Å²) in [6, 6.07) is 6.42. The summed E-state index contributed by atoms with van der Waals surface area (Å²) in [6.45, 7) is 4.81. The standard InChI is InChI=1S/C15H22N2O4/c1-12(18)13-5-4-8-16(11-13)9-10-21-15-7-3-2-6-14(15)17(19)20/h2-3,6-7,12-13,18H,4-5,8-11H2,1H3. The highest BCUT2D eigenvalue weighted by Gasteiger charge is 2.23. The number of aliphatic hydroxyl groups is 1. The van der Waals surface area contributed by atoms with Crippen LogP contribution in [-0.2, 0) is 0 Å². The zero-order valence-electron chi connectivity index (χ0n) is 12.3. The third-order valence-corrected chi connectivity index (χ3v) is 3.95. The Labute approximate surface area is 124 Å². The lowest BCUT2D eigenvalue weighted by molar-refractivity contribution is -0.385. The van der Waals surface area contributed by atoms with Gasteiger partial charge in [0.1, 0.15) is 6.61 Å². The zero-order valence-corrected chi connectivity index (χ0v) is 12.3. The fraction of sp³-hybridized carbons (Fsp3) is 0.600. The molecule has 0 amide bonds. The maximum atomic E-state index is 10.9. The molecule has 0 radical (unpaired) electrons. The minimum atomic E-state index is -0.431. The van der Waals surface area contributed by atoms with E-state index in [4.69, 9.17) is 4.74 Å². The van der Waals surface area contributed by atoms with Gasteiger partial charge in [0.05, 0.1) is 11.0 Å². The van der Waals surface area contributed by atoms with Crippen LogP contribution in [0, 0.1) is 16.0 Å². The second kappa shape index (κ2) is 7.38. The van der Waals surface area contributed by atoms with Gasteiger partial charge in [0.15, 0.2) is 5.75 Å². The van der Waals surface area contributed by atoms with Gasteiger partial charge in [0, 0.05) is 19.2 Å². The number of aliphatic hydroxyl groups excluding tert-OH is 1. The monoisotopic (exact) mass is 294 g/mol. The number of ether oxygens (including phenoxy) is 1. The molecule has 116 valence electrons. The van der Waals surface area contributed by atoms with E-state index < -0.39 is 4.92 Å². The van der Waals surface area contributed by atoms with E-state index in [2.05, 4.69) is 4.90 Å². The van der Waals surface area contributed by atoms with Crippen molar-refractivity contribution in [3.63, 3.8) is 0 Å². The van der Waals surface area contributed by atoms with Crippen LogP contribution in [0.5, 0.6) is 5.75 Å². The highest BCUT2D eigenvalue weighted by molar-refractivity contribution is 5.45. The van der Waals surface area contributed by atoms with E-state index in [1.165, 1.54) is 6.07 Å². The number of nitro groups is 1. The third-order valence-electron chi connectivity index (χ3n) is 3.95. The fourth-order valence-corrected chi connectivity index (χ4v) is 2.70. The van der Waals surface area contributed by atoms with E-state index in [-0.39, 0.29) is 11.8 Å². The molecule has 1 aromatic carbocycles. The molecule has 2 unspecified atom stereocenters. The molecule has 1 heterocycles. The number of para-hydroxylation sites is 2. The van der Waals surface area contributed by atoms with Crippen molar-refractivity contribution in [3.05, 3.63) is 34.4 Å². The molecule has 2 rings (SSSR count). The summed E-state index contributed by atoms with van der Waals surface area (Å²) in [4.78, 5) is 12.7. The lowest BCUT2D eigenvalue weighted by Crippen LogP contribution is -2.41. The molecule has 1 N–H and O–H groups in total. The molecule has 1 aromatic rings.